The third kappa shape index (κ3) is 3.95. The molecule has 0 saturated carbocycles. The van der Waals surface area contributed by atoms with Crippen molar-refractivity contribution in [2.24, 2.45) is 5.92 Å². The molecule has 0 aliphatic carbocycles. The molecule has 1 aromatic heterocycles. The molecule has 3 fully saturated rings. The number of alkyl halides is 3. The Hall–Kier alpha value is -1.51. The van der Waals surface area contributed by atoms with Crippen LogP contribution in [0.4, 0.5) is 13.2 Å². The molecule has 4 nitrogen and oxygen atoms in total. The summed E-state index contributed by atoms with van der Waals surface area (Å²) >= 11 is 1.18. The van der Waals surface area contributed by atoms with E-state index in [2.05, 4.69) is 28.8 Å². The summed E-state index contributed by atoms with van der Waals surface area (Å²) in [5.41, 5.74) is -0.0960. The lowest BCUT2D eigenvalue weighted by Gasteiger charge is -2.56. The van der Waals surface area contributed by atoms with Crippen LogP contribution in [0.2, 0.25) is 0 Å². The van der Waals surface area contributed by atoms with E-state index in [0.717, 1.165) is 31.3 Å². The molecule has 28 heavy (non-hydrogen) atoms. The normalized spacial score (nSPS) is 26.0. The highest BCUT2D eigenvalue weighted by Gasteiger charge is 2.48. The second-order valence-electron chi connectivity index (χ2n) is 7.79. The number of rotatable bonds is 3. The zero-order valence-electron chi connectivity index (χ0n) is 15.5. The fraction of sp³-hybridized carbons (Fsp3) is 0.526. The third-order valence-electron chi connectivity index (χ3n) is 5.82. The Morgan fingerprint density at radius 2 is 1.93 bits per heavy atom. The van der Waals surface area contributed by atoms with Crippen LogP contribution < -0.4 is 10.1 Å². The molecule has 5 rings (SSSR count). The summed E-state index contributed by atoms with van der Waals surface area (Å²) in [6.45, 7) is 6.45. The molecule has 1 atom stereocenters. The molecule has 1 N–H and O–H groups in total. The minimum absolute atomic E-state index is 0. The maximum absolute atomic E-state index is 12.8. The van der Waals surface area contributed by atoms with Crippen molar-refractivity contribution in [2.45, 2.75) is 44.6 Å². The van der Waals surface area contributed by atoms with Crippen LogP contribution >= 0.6 is 23.7 Å². The molecule has 1 aromatic carbocycles. The van der Waals surface area contributed by atoms with Gasteiger partial charge < -0.3 is 10.1 Å². The van der Waals surface area contributed by atoms with Gasteiger partial charge in [0.25, 0.3) is 5.91 Å². The van der Waals surface area contributed by atoms with Gasteiger partial charge in [-0.2, -0.15) is 0 Å². The van der Waals surface area contributed by atoms with Gasteiger partial charge in [-0.3, -0.25) is 9.69 Å². The maximum Gasteiger partial charge on any atom is 0.573 e. The highest BCUT2D eigenvalue weighted by atomic mass is 35.5. The molecule has 0 unspecified atom stereocenters. The molecule has 4 heterocycles. The van der Waals surface area contributed by atoms with Crippen molar-refractivity contribution in [2.75, 3.05) is 13.1 Å². The van der Waals surface area contributed by atoms with E-state index in [9.17, 15) is 18.0 Å². The summed E-state index contributed by atoms with van der Waals surface area (Å²) in [5.74, 6) is 0.0266. The van der Waals surface area contributed by atoms with Crippen molar-refractivity contribution in [3.8, 4) is 5.75 Å². The Morgan fingerprint density at radius 3 is 2.54 bits per heavy atom. The Labute approximate surface area is 171 Å². The van der Waals surface area contributed by atoms with E-state index < -0.39 is 6.36 Å². The second-order valence-corrected chi connectivity index (χ2v) is 8.87. The van der Waals surface area contributed by atoms with Gasteiger partial charge in [0.15, 0.2) is 0 Å². The largest absolute Gasteiger partial charge is 0.573 e. The van der Waals surface area contributed by atoms with Crippen LogP contribution in [0, 0.1) is 5.92 Å². The molecule has 3 saturated heterocycles. The lowest BCUT2D eigenvalue weighted by molar-refractivity contribution is -0.274. The summed E-state index contributed by atoms with van der Waals surface area (Å²) in [7, 11) is 0. The Balaban J connectivity index is 0.00000225. The average molecular weight is 435 g/mol. The first-order valence-corrected chi connectivity index (χ1v) is 9.80. The first kappa shape index (κ1) is 21.2. The lowest BCUT2D eigenvalue weighted by Crippen LogP contribution is -2.69. The topological polar surface area (TPSA) is 41.6 Å². The molecular weight excluding hydrogens is 413 g/mol. The summed E-state index contributed by atoms with van der Waals surface area (Å²) < 4.78 is 41.7. The molecule has 3 aliphatic rings. The van der Waals surface area contributed by atoms with Gasteiger partial charge in [0.05, 0.1) is 4.88 Å². The van der Waals surface area contributed by atoms with Crippen LogP contribution in [0.25, 0.3) is 10.1 Å². The molecule has 3 aliphatic heterocycles. The molecule has 2 bridgehead atoms. The number of hydrogen-bond donors (Lipinski definition) is 1. The third-order valence-corrected chi connectivity index (χ3v) is 6.92. The predicted octanol–water partition coefficient (Wildman–Crippen LogP) is 4.82. The number of benzene rings is 1. The van der Waals surface area contributed by atoms with E-state index in [0.29, 0.717) is 15.5 Å². The van der Waals surface area contributed by atoms with E-state index in [1.165, 1.54) is 23.5 Å². The van der Waals surface area contributed by atoms with Crippen LogP contribution in [-0.4, -0.2) is 41.8 Å². The van der Waals surface area contributed by atoms with E-state index in [1.807, 2.05) is 0 Å². The Bertz CT molecular complexity index is 876. The van der Waals surface area contributed by atoms with Gasteiger partial charge in [0, 0.05) is 16.3 Å². The predicted molar refractivity (Wildman–Crippen MR) is 105 cm³/mol. The van der Waals surface area contributed by atoms with Crippen LogP contribution in [0.1, 0.15) is 36.4 Å². The summed E-state index contributed by atoms with van der Waals surface area (Å²) in [5, 5.41) is 3.92. The molecule has 1 amide bonds. The number of nitrogens with one attached hydrogen (secondary N) is 1. The second kappa shape index (κ2) is 7.39. The summed E-state index contributed by atoms with van der Waals surface area (Å²) in [6.07, 6.45) is -2.57. The molecule has 2 aromatic rings. The smallest absolute Gasteiger partial charge is 0.406 e. The number of halogens is 4. The molecular formula is C19H22ClF3N2O2S. The van der Waals surface area contributed by atoms with Crippen LogP contribution in [0.5, 0.6) is 5.75 Å². The first-order valence-electron chi connectivity index (χ1n) is 8.99. The number of carbonyl (C=O) groups is 1. The van der Waals surface area contributed by atoms with E-state index in [1.54, 1.807) is 12.1 Å². The standard InChI is InChI=1S/C19H21F3N2O2S.ClH/c1-18(2)16(11-5-7-24(18)8-6-11)23-17(25)15-9-12-3-4-13(10-14(12)27-15)26-19(20,21)22;/h3-4,9-11,16H,5-8H2,1-2H3,(H,23,25);1H/t16-;/m1./s1. The molecule has 0 radical (unpaired) electrons. The highest BCUT2D eigenvalue weighted by Crippen LogP contribution is 2.39. The van der Waals surface area contributed by atoms with Crippen molar-refractivity contribution < 1.29 is 22.7 Å². The highest BCUT2D eigenvalue weighted by molar-refractivity contribution is 7.20. The number of amides is 1. The van der Waals surface area contributed by atoms with Crippen molar-refractivity contribution in [1.82, 2.24) is 10.2 Å². The number of piperidine rings is 3. The Kier molecular flexibility index (Phi) is 5.59. The average Bonchev–Trinajstić information content (AvgIpc) is 3.00. The Morgan fingerprint density at radius 1 is 1.25 bits per heavy atom. The molecule has 0 spiro atoms. The van der Waals surface area contributed by atoms with Crippen LogP contribution in [0.15, 0.2) is 24.3 Å². The quantitative estimate of drug-likeness (QED) is 0.752. The zero-order chi connectivity index (χ0) is 19.4. The van der Waals surface area contributed by atoms with Gasteiger partial charge in [-0.25, -0.2) is 0 Å². The monoisotopic (exact) mass is 434 g/mol. The number of hydrogen-bond acceptors (Lipinski definition) is 4. The van der Waals surface area contributed by atoms with Crippen LogP contribution in [0.3, 0.4) is 0 Å². The van der Waals surface area contributed by atoms with Crippen molar-refractivity contribution in [3.05, 3.63) is 29.1 Å². The number of ether oxygens (including phenoxy) is 1. The fourth-order valence-corrected chi connectivity index (χ4v) is 5.40. The number of thiophene rings is 1. The van der Waals surface area contributed by atoms with Crippen molar-refractivity contribution >= 4 is 39.7 Å². The van der Waals surface area contributed by atoms with Gasteiger partial charge in [-0.1, -0.05) is 0 Å². The number of nitrogens with zero attached hydrogens (tertiary/aromatic N) is 1. The van der Waals surface area contributed by atoms with Crippen molar-refractivity contribution in [1.29, 1.82) is 0 Å². The van der Waals surface area contributed by atoms with Gasteiger partial charge in [0.2, 0.25) is 0 Å². The minimum Gasteiger partial charge on any atom is -0.406 e. The number of fused-ring (bicyclic) bond motifs is 4. The molecule has 154 valence electrons. The van der Waals surface area contributed by atoms with E-state index >= 15 is 0 Å². The van der Waals surface area contributed by atoms with E-state index in [-0.39, 0.29) is 35.6 Å². The fourth-order valence-electron chi connectivity index (χ4n) is 4.41. The lowest BCUT2D eigenvalue weighted by atomic mass is 9.72. The summed E-state index contributed by atoms with van der Waals surface area (Å²) in [6, 6.07) is 5.92. The molecule has 9 heteroatoms. The minimum atomic E-state index is -4.73. The van der Waals surface area contributed by atoms with Gasteiger partial charge in [-0.15, -0.1) is 36.9 Å². The van der Waals surface area contributed by atoms with E-state index in [4.69, 9.17) is 0 Å². The maximum atomic E-state index is 12.8. The summed E-state index contributed by atoms with van der Waals surface area (Å²) in [4.78, 5) is 15.8. The van der Waals surface area contributed by atoms with Crippen LogP contribution in [-0.2, 0) is 0 Å². The van der Waals surface area contributed by atoms with Gasteiger partial charge >= 0.3 is 6.36 Å². The number of carbonyl (C=O) groups excluding carboxylic acids is 1. The van der Waals surface area contributed by atoms with Gasteiger partial charge in [-0.05, 0) is 75.3 Å². The zero-order valence-corrected chi connectivity index (χ0v) is 17.1. The van der Waals surface area contributed by atoms with Crippen molar-refractivity contribution in [3.63, 3.8) is 0 Å². The van der Waals surface area contributed by atoms with Gasteiger partial charge in [0.1, 0.15) is 5.75 Å². The first-order chi connectivity index (χ1) is 12.6. The SMILES string of the molecule is CC1(C)[C@H](NC(=O)c2cc3ccc(OC(F)(F)F)cc3s2)C2CCN1CC2.Cl.